The number of nitrogens with zero attached hydrogens (tertiary/aromatic N) is 2. The Morgan fingerprint density at radius 3 is 2.17 bits per heavy atom. The van der Waals surface area contributed by atoms with Gasteiger partial charge in [0.05, 0.1) is 7.11 Å². The fraction of sp³-hybridized carbons (Fsp3) is 0.130. The van der Waals surface area contributed by atoms with Crippen LogP contribution in [0.5, 0.6) is 11.5 Å². The zero-order valence-electron chi connectivity index (χ0n) is 16.0. The topological polar surface area (TPSA) is 77.3 Å². The Kier molecular flexibility index (Phi) is 4.91. The van der Waals surface area contributed by atoms with Gasteiger partial charge in [-0.25, -0.2) is 0 Å². The minimum absolute atomic E-state index is 0.325. The molecule has 0 radical (unpaired) electrons. The van der Waals surface area contributed by atoms with E-state index in [4.69, 9.17) is 9.47 Å². The summed E-state index contributed by atoms with van der Waals surface area (Å²) < 4.78 is 11.3. The molecule has 0 atom stereocenters. The Bertz CT molecular complexity index is 1120. The predicted molar refractivity (Wildman–Crippen MR) is 113 cm³/mol. The molecular weight excluding hydrogens is 368 g/mol. The summed E-state index contributed by atoms with van der Waals surface area (Å²) in [5.74, 6) is 1.42. The van der Waals surface area contributed by atoms with Crippen molar-refractivity contribution in [2.24, 2.45) is 10.4 Å². The van der Waals surface area contributed by atoms with E-state index in [9.17, 15) is 9.81 Å². The summed E-state index contributed by atoms with van der Waals surface area (Å²) in [6, 6.07) is 18.4. The molecule has 0 spiro atoms. The van der Waals surface area contributed by atoms with E-state index in [-0.39, 0.29) is 0 Å². The third kappa shape index (κ3) is 3.29. The second kappa shape index (κ2) is 7.67. The molecule has 0 unspecified atom stereocenters. The predicted octanol–water partition coefficient (Wildman–Crippen LogP) is 6.15. The van der Waals surface area contributed by atoms with Crippen LogP contribution in [0.4, 0.5) is 11.4 Å². The lowest BCUT2D eigenvalue weighted by atomic mass is 9.86. The molecule has 1 aliphatic heterocycles. The van der Waals surface area contributed by atoms with Gasteiger partial charge in [0.15, 0.2) is 0 Å². The van der Waals surface area contributed by atoms with Gasteiger partial charge in [0.25, 0.3) is 0 Å². The second-order valence-corrected chi connectivity index (χ2v) is 6.69. The first-order valence-electron chi connectivity index (χ1n) is 9.07. The Labute approximate surface area is 167 Å². The summed E-state index contributed by atoms with van der Waals surface area (Å²) >= 11 is 0. The van der Waals surface area contributed by atoms with Crippen molar-refractivity contribution in [2.75, 3.05) is 13.7 Å². The number of nitroso groups, excluding NO2 is 2. The van der Waals surface area contributed by atoms with Crippen LogP contribution in [0.15, 0.2) is 71.0 Å². The quantitative estimate of drug-likeness (QED) is 0.493. The molecule has 3 aromatic carbocycles. The highest BCUT2D eigenvalue weighted by atomic mass is 16.5. The van der Waals surface area contributed by atoms with E-state index in [1.807, 2.05) is 49.4 Å². The van der Waals surface area contributed by atoms with Crippen LogP contribution in [-0.2, 0) is 0 Å². The summed E-state index contributed by atoms with van der Waals surface area (Å²) in [6.45, 7) is 2.15. The van der Waals surface area contributed by atoms with Crippen molar-refractivity contribution in [1.82, 2.24) is 0 Å². The zero-order valence-corrected chi connectivity index (χ0v) is 16.0. The van der Waals surface area contributed by atoms with Crippen molar-refractivity contribution >= 4 is 22.5 Å². The lowest BCUT2D eigenvalue weighted by molar-refractivity contribution is 0.362. The SMILES string of the molecule is COc1ccc(C2=C(c3ccc(N=O)cc3)COc3c2ccc(N=O)c3C)cc1. The number of hydrogen-bond donors (Lipinski definition) is 0. The van der Waals surface area contributed by atoms with Gasteiger partial charge < -0.3 is 9.47 Å². The van der Waals surface area contributed by atoms with Crippen LogP contribution in [0.2, 0.25) is 0 Å². The van der Waals surface area contributed by atoms with Gasteiger partial charge in [-0.3, -0.25) is 0 Å². The molecule has 144 valence electrons. The highest BCUT2D eigenvalue weighted by Gasteiger charge is 2.25. The first-order chi connectivity index (χ1) is 14.2. The molecule has 3 aromatic rings. The van der Waals surface area contributed by atoms with Crippen molar-refractivity contribution < 1.29 is 9.47 Å². The van der Waals surface area contributed by atoms with Gasteiger partial charge in [0, 0.05) is 16.7 Å². The minimum atomic E-state index is 0.325. The summed E-state index contributed by atoms with van der Waals surface area (Å²) in [7, 11) is 1.63. The fourth-order valence-corrected chi connectivity index (χ4v) is 3.58. The van der Waals surface area contributed by atoms with Gasteiger partial charge in [-0.2, -0.15) is 0 Å². The Morgan fingerprint density at radius 2 is 1.55 bits per heavy atom. The lowest BCUT2D eigenvalue weighted by Gasteiger charge is -2.26. The third-order valence-corrected chi connectivity index (χ3v) is 5.11. The van der Waals surface area contributed by atoms with Crippen LogP contribution >= 0.6 is 0 Å². The van der Waals surface area contributed by atoms with Crippen LogP contribution in [0.1, 0.15) is 22.3 Å². The monoisotopic (exact) mass is 386 g/mol. The normalized spacial score (nSPS) is 12.8. The molecule has 0 N–H and O–H groups in total. The number of fused-ring (bicyclic) bond motifs is 1. The number of methoxy groups -OCH3 is 1. The van der Waals surface area contributed by atoms with E-state index in [0.29, 0.717) is 29.3 Å². The molecule has 6 nitrogen and oxygen atoms in total. The fourth-order valence-electron chi connectivity index (χ4n) is 3.58. The van der Waals surface area contributed by atoms with Crippen LogP contribution in [0.25, 0.3) is 11.1 Å². The van der Waals surface area contributed by atoms with Gasteiger partial charge in [-0.15, -0.1) is 9.81 Å². The van der Waals surface area contributed by atoms with Crippen LogP contribution < -0.4 is 9.47 Å². The van der Waals surface area contributed by atoms with E-state index in [2.05, 4.69) is 10.4 Å². The largest absolute Gasteiger partial charge is 0.497 e. The van der Waals surface area contributed by atoms with Gasteiger partial charge in [-0.1, -0.05) is 24.3 Å². The highest BCUT2D eigenvalue weighted by molar-refractivity contribution is 6.02. The van der Waals surface area contributed by atoms with Gasteiger partial charge in [0.2, 0.25) is 0 Å². The standard InChI is InChI=1S/C23H18N2O4/c1-14-21(25-27)12-11-19-22(16-5-9-18(28-2)10-6-16)20(13-29-23(14)19)15-3-7-17(24-26)8-4-15/h3-12H,13H2,1-2H3. The van der Waals surface area contributed by atoms with Crippen LogP contribution in [-0.4, -0.2) is 13.7 Å². The minimum Gasteiger partial charge on any atom is -0.497 e. The van der Waals surface area contributed by atoms with Crippen molar-refractivity contribution in [3.05, 3.63) is 92.7 Å². The molecule has 0 saturated heterocycles. The van der Waals surface area contributed by atoms with Crippen LogP contribution in [0.3, 0.4) is 0 Å². The lowest BCUT2D eigenvalue weighted by Crippen LogP contribution is -2.12. The summed E-state index contributed by atoms with van der Waals surface area (Å²) in [5.41, 5.74) is 6.24. The van der Waals surface area contributed by atoms with Gasteiger partial charge in [0.1, 0.15) is 29.5 Å². The molecule has 1 aliphatic rings. The maximum atomic E-state index is 11.1. The molecule has 0 aliphatic carbocycles. The summed E-state index contributed by atoms with van der Waals surface area (Å²) in [6.07, 6.45) is 0. The Hall–Kier alpha value is -3.80. The van der Waals surface area contributed by atoms with Crippen molar-refractivity contribution in [2.45, 2.75) is 6.92 Å². The van der Waals surface area contributed by atoms with E-state index >= 15 is 0 Å². The summed E-state index contributed by atoms with van der Waals surface area (Å²) in [5, 5.41) is 6.06. The summed E-state index contributed by atoms with van der Waals surface area (Å²) in [4.78, 5) is 21.9. The van der Waals surface area contributed by atoms with Gasteiger partial charge in [-0.05, 0) is 70.4 Å². The van der Waals surface area contributed by atoms with Crippen molar-refractivity contribution in [3.8, 4) is 11.5 Å². The number of benzene rings is 3. The Morgan fingerprint density at radius 1 is 0.862 bits per heavy atom. The molecule has 0 fully saturated rings. The van der Waals surface area contributed by atoms with E-state index in [1.165, 1.54) is 0 Å². The first-order valence-corrected chi connectivity index (χ1v) is 9.07. The van der Waals surface area contributed by atoms with E-state index < -0.39 is 0 Å². The molecule has 4 rings (SSSR count). The maximum absolute atomic E-state index is 11.1. The van der Waals surface area contributed by atoms with Gasteiger partial charge >= 0.3 is 0 Å². The van der Waals surface area contributed by atoms with Crippen LogP contribution in [0, 0.1) is 16.7 Å². The first kappa shape index (κ1) is 18.6. The van der Waals surface area contributed by atoms with Crippen molar-refractivity contribution in [1.29, 1.82) is 0 Å². The molecule has 6 heteroatoms. The van der Waals surface area contributed by atoms with E-state index in [0.717, 1.165) is 33.6 Å². The molecule has 0 bridgehead atoms. The highest BCUT2D eigenvalue weighted by Crippen LogP contribution is 2.45. The second-order valence-electron chi connectivity index (χ2n) is 6.69. The Balaban J connectivity index is 1.96. The number of rotatable bonds is 5. The third-order valence-electron chi connectivity index (χ3n) is 5.11. The average molecular weight is 386 g/mol. The zero-order chi connectivity index (χ0) is 20.4. The van der Waals surface area contributed by atoms with E-state index in [1.54, 1.807) is 25.3 Å². The average Bonchev–Trinajstić information content (AvgIpc) is 2.79. The maximum Gasteiger partial charge on any atom is 0.132 e. The number of ether oxygens (including phenoxy) is 2. The molecule has 0 aromatic heterocycles. The molecule has 0 saturated carbocycles. The molecule has 0 amide bonds. The smallest absolute Gasteiger partial charge is 0.132 e. The number of hydrogen-bond acceptors (Lipinski definition) is 6. The molecule has 29 heavy (non-hydrogen) atoms. The molecular formula is C23H18N2O4. The van der Waals surface area contributed by atoms with Crippen molar-refractivity contribution in [3.63, 3.8) is 0 Å². The molecule has 1 heterocycles.